The van der Waals surface area contributed by atoms with Crippen LogP contribution in [0, 0.1) is 10.1 Å². The van der Waals surface area contributed by atoms with Crippen molar-refractivity contribution in [1.29, 1.82) is 0 Å². The predicted molar refractivity (Wildman–Crippen MR) is 53.8 cm³/mol. The fourth-order valence-electron chi connectivity index (χ4n) is 1.34. The van der Waals surface area contributed by atoms with Gasteiger partial charge in [0.2, 0.25) is 0 Å². The van der Waals surface area contributed by atoms with Crippen molar-refractivity contribution in [3.05, 3.63) is 33.4 Å². The summed E-state index contributed by atoms with van der Waals surface area (Å²) in [5.41, 5.74) is 5.21. The van der Waals surface area contributed by atoms with Crippen LogP contribution in [-0.4, -0.2) is 16.0 Å². The number of nitrogen functional groups attached to an aromatic ring is 1. The van der Waals surface area contributed by atoms with Gasteiger partial charge in [0.15, 0.2) is 5.56 Å². The van der Waals surface area contributed by atoms with Crippen molar-refractivity contribution in [3.63, 3.8) is 0 Å². The molecule has 0 bridgehead atoms. The third kappa shape index (κ3) is 1.88. The standard InChI is InChI=1S/C9H10N2O4/c1-2-5-3-4-6(11(14)15)7(8(5)10)9(12)13/h3-4H,2,10H2,1H3,(H,12,13). The van der Waals surface area contributed by atoms with Crippen molar-refractivity contribution in [2.24, 2.45) is 0 Å². The third-order valence-electron chi connectivity index (χ3n) is 2.11. The second-order valence-corrected chi connectivity index (χ2v) is 2.95. The Balaban J connectivity index is 3.51. The molecular weight excluding hydrogens is 200 g/mol. The molecular formula is C9H10N2O4. The van der Waals surface area contributed by atoms with Gasteiger partial charge in [-0.2, -0.15) is 0 Å². The van der Waals surface area contributed by atoms with Gasteiger partial charge in [-0.25, -0.2) is 4.79 Å². The van der Waals surface area contributed by atoms with Crippen LogP contribution in [0.2, 0.25) is 0 Å². The van der Waals surface area contributed by atoms with Crippen LogP contribution in [0.5, 0.6) is 0 Å². The smallest absolute Gasteiger partial charge is 0.344 e. The van der Waals surface area contributed by atoms with Gasteiger partial charge in [-0.15, -0.1) is 0 Å². The number of hydrogen-bond acceptors (Lipinski definition) is 4. The van der Waals surface area contributed by atoms with Gasteiger partial charge in [0, 0.05) is 6.07 Å². The highest BCUT2D eigenvalue weighted by Gasteiger charge is 2.24. The number of carboxylic acids is 1. The summed E-state index contributed by atoms with van der Waals surface area (Å²) in [5.74, 6) is -1.38. The van der Waals surface area contributed by atoms with E-state index in [1.54, 1.807) is 6.92 Å². The van der Waals surface area contributed by atoms with Crippen molar-refractivity contribution in [2.45, 2.75) is 13.3 Å². The number of aryl methyl sites for hydroxylation is 1. The minimum Gasteiger partial charge on any atom is -0.477 e. The molecule has 0 saturated heterocycles. The van der Waals surface area contributed by atoms with E-state index >= 15 is 0 Å². The van der Waals surface area contributed by atoms with Crippen LogP contribution in [0.3, 0.4) is 0 Å². The first-order valence-corrected chi connectivity index (χ1v) is 4.28. The van der Waals surface area contributed by atoms with Crippen LogP contribution < -0.4 is 5.73 Å². The lowest BCUT2D eigenvalue weighted by molar-refractivity contribution is -0.385. The molecule has 0 spiro atoms. The Morgan fingerprint density at radius 3 is 2.60 bits per heavy atom. The summed E-state index contributed by atoms with van der Waals surface area (Å²) in [6.45, 7) is 1.79. The summed E-state index contributed by atoms with van der Waals surface area (Å²) in [6.07, 6.45) is 0.532. The molecule has 0 aromatic heterocycles. The first-order chi connectivity index (χ1) is 6.99. The number of rotatable bonds is 3. The van der Waals surface area contributed by atoms with Gasteiger partial charge in [-0.1, -0.05) is 13.0 Å². The normalized spacial score (nSPS) is 9.93. The lowest BCUT2D eigenvalue weighted by atomic mass is 10.0. The van der Waals surface area contributed by atoms with Gasteiger partial charge < -0.3 is 10.8 Å². The molecule has 1 aromatic rings. The summed E-state index contributed by atoms with van der Waals surface area (Å²) < 4.78 is 0. The first-order valence-electron chi connectivity index (χ1n) is 4.28. The van der Waals surface area contributed by atoms with E-state index in [1.165, 1.54) is 12.1 Å². The molecule has 3 N–H and O–H groups in total. The van der Waals surface area contributed by atoms with Gasteiger partial charge in [-0.3, -0.25) is 10.1 Å². The number of nitrogens with two attached hydrogens (primary N) is 1. The maximum atomic E-state index is 10.8. The Hall–Kier alpha value is -2.11. The molecule has 0 unspecified atom stereocenters. The number of nitro benzene ring substituents is 1. The Morgan fingerprint density at radius 2 is 2.20 bits per heavy atom. The minimum absolute atomic E-state index is 0.0285. The minimum atomic E-state index is -1.38. The number of nitro groups is 1. The lowest BCUT2D eigenvalue weighted by Gasteiger charge is -2.06. The molecule has 1 rings (SSSR count). The molecule has 6 nitrogen and oxygen atoms in total. The average Bonchev–Trinajstić information content (AvgIpc) is 2.16. The zero-order valence-electron chi connectivity index (χ0n) is 8.06. The van der Waals surface area contributed by atoms with Gasteiger partial charge in [-0.05, 0) is 12.0 Å². The average molecular weight is 210 g/mol. The lowest BCUT2D eigenvalue weighted by Crippen LogP contribution is -2.09. The highest BCUT2D eigenvalue weighted by atomic mass is 16.6. The van der Waals surface area contributed by atoms with Gasteiger partial charge in [0.05, 0.1) is 10.6 Å². The van der Waals surface area contributed by atoms with Crippen molar-refractivity contribution in [1.82, 2.24) is 0 Å². The van der Waals surface area contributed by atoms with Crippen molar-refractivity contribution in [3.8, 4) is 0 Å². The van der Waals surface area contributed by atoms with E-state index in [0.29, 0.717) is 12.0 Å². The van der Waals surface area contributed by atoms with Gasteiger partial charge >= 0.3 is 5.97 Å². The maximum absolute atomic E-state index is 10.8. The highest BCUT2D eigenvalue weighted by molar-refractivity contribution is 5.99. The highest BCUT2D eigenvalue weighted by Crippen LogP contribution is 2.27. The molecule has 1 aromatic carbocycles. The monoisotopic (exact) mass is 210 g/mol. The molecule has 0 aliphatic rings. The van der Waals surface area contributed by atoms with Crippen molar-refractivity contribution < 1.29 is 14.8 Å². The largest absolute Gasteiger partial charge is 0.477 e. The number of hydrogen-bond donors (Lipinski definition) is 2. The predicted octanol–water partition coefficient (Wildman–Crippen LogP) is 1.44. The van der Waals surface area contributed by atoms with Gasteiger partial charge in [0.1, 0.15) is 0 Å². The summed E-state index contributed by atoms with van der Waals surface area (Å²) in [4.78, 5) is 20.6. The van der Waals surface area contributed by atoms with E-state index in [9.17, 15) is 14.9 Å². The van der Waals surface area contributed by atoms with Crippen LogP contribution in [0.1, 0.15) is 22.8 Å². The van der Waals surface area contributed by atoms with Crippen LogP contribution >= 0.6 is 0 Å². The number of benzene rings is 1. The quantitative estimate of drug-likeness (QED) is 0.446. The fraction of sp³-hybridized carbons (Fsp3) is 0.222. The van der Waals surface area contributed by atoms with E-state index in [2.05, 4.69) is 0 Å². The maximum Gasteiger partial charge on any atom is 0.344 e. The number of aromatic carboxylic acids is 1. The second kappa shape index (κ2) is 3.95. The Labute approximate surface area is 85.5 Å². The van der Waals surface area contributed by atoms with E-state index in [4.69, 9.17) is 10.8 Å². The number of nitrogens with zero attached hydrogens (tertiary/aromatic N) is 1. The van der Waals surface area contributed by atoms with E-state index < -0.39 is 22.1 Å². The number of carboxylic acid groups (broad SMARTS) is 1. The van der Waals surface area contributed by atoms with E-state index in [0.717, 1.165) is 0 Å². The molecule has 0 aliphatic heterocycles. The molecule has 0 fully saturated rings. The number of carbonyl (C=O) groups is 1. The SMILES string of the molecule is CCc1ccc([N+](=O)[O-])c(C(=O)O)c1N. The van der Waals surface area contributed by atoms with Crippen molar-refractivity contribution >= 4 is 17.3 Å². The fourth-order valence-corrected chi connectivity index (χ4v) is 1.34. The molecule has 6 heteroatoms. The van der Waals surface area contributed by atoms with E-state index in [-0.39, 0.29) is 5.69 Å². The topological polar surface area (TPSA) is 106 Å². The summed E-state index contributed by atoms with van der Waals surface area (Å²) in [5, 5.41) is 19.4. The second-order valence-electron chi connectivity index (χ2n) is 2.95. The Bertz CT molecular complexity index is 428. The zero-order chi connectivity index (χ0) is 11.6. The summed E-state index contributed by atoms with van der Waals surface area (Å²) in [7, 11) is 0. The van der Waals surface area contributed by atoms with Crippen LogP contribution in [-0.2, 0) is 6.42 Å². The first kappa shape index (κ1) is 11.0. The zero-order valence-corrected chi connectivity index (χ0v) is 8.06. The number of anilines is 1. The Morgan fingerprint density at radius 1 is 1.60 bits per heavy atom. The molecule has 0 amide bonds. The molecule has 0 saturated carbocycles. The van der Waals surface area contributed by atoms with E-state index in [1.807, 2.05) is 0 Å². The molecule has 0 heterocycles. The third-order valence-corrected chi connectivity index (χ3v) is 2.11. The Kier molecular flexibility index (Phi) is 2.89. The molecule has 80 valence electrons. The molecule has 0 radical (unpaired) electrons. The van der Waals surface area contributed by atoms with Crippen molar-refractivity contribution in [2.75, 3.05) is 5.73 Å². The summed E-state index contributed by atoms with van der Waals surface area (Å²) >= 11 is 0. The van der Waals surface area contributed by atoms with Crippen LogP contribution in [0.4, 0.5) is 11.4 Å². The summed E-state index contributed by atoms with van der Waals surface area (Å²) in [6, 6.07) is 2.64. The van der Waals surface area contributed by atoms with Crippen LogP contribution in [0.15, 0.2) is 12.1 Å². The van der Waals surface area contributed by atoms with Gasteiger partial charge in [0.25, 0.3) is 5.69 Å². The molecule has 0 aliphatic carbocycles. The molecule has 0 atom stereocenters. The molecule has 15 heavy (non-hydrogen) atoms. The van der Waals surface area contributed by atoms with Crippen LogP contribution in [0.25, 0.3) is 0 Å².